The molecule has 2 aliphatic carbocycles. The van der Waals surface area contributed by atoms with Gasteiger partial charge in [0.25, 0.3) is 5.91 Å². The van der Waals surface area contributed by atoms with Gasteiger partial charge in [0.15, 0.2) is 5.65 Å². The number of halogens is 2. The minimum atomic E-state index is -3.03. The van der Waals surface area contributed by atoms with Crippen molar-refractivity contribution in [3.8, 4) is 17.0 Å². The first-order valence-corrected chi connectivity index (χ1v) is 12.6. The summed E-state index contributed by atoms with van der Waals surface area (Å²) in [6, 6.07) is 7.94. The van der Waals surface area contributed by atoms with Crippen molar-refractivity contribution in [1.82, 2.24) is 29.5 Å². The van der Waals surface area contributed by atoms with Crippen LogP contribution < -0.4 is 10.5 Å². The molecule has 10 nitrogen and oxygen atoms in total. The van der Waals surface area contributed by atoms with Crippen LogP contribution in [-0.2, 0) is 5.54 Å². The second-order valence-electron chi connectivity index (χ2n) is 11.0. The molecular formula is C27H25F2N7O3. The molecule has 12 heteroatoms. The van der Waals surface area contributed by atoms with Crippen molar-refractivity contribution in [3.05, 3.63) is 71.1 Å². The number of benzene rings is 1. The summed E-state index contributed by atoms with van der Waals surface area (Å²) < 4.78 is 33.2. The number of aromatic nitrogens is 5. The molecule has 3 aromatic heterocycles. The number of amides is 1. The molecule has 2 atom stereocenters. The lowest BCUT2D eigenvalue weighted by Crippen LogP contribution is -2.59. The Bertz CT molecular complexity index is 1650. The van der Waals surface area contributed by atoms with Gasteiger partial charge in [0.05, 0.1) is 34.3 Å². The van der Waals surface area contributed by atoms with E-state index < -0.39 is 23.7 Å². The molecule has 1 saturated carbocycles. The van der Waals surface area contributed by atoms with Gasteiger partial charge in [-0.2, -0.15) is 13.9 Å². The number of ether oxygens (including phenoxy) is 1. The molecule has 1 aromatic carbocycles. The molecule has 0 spiro atoms. The summed E-state index contributed by atoms with van der Waals surface area (Å²) in [5, 5.41) is 14.9. The number of nitrogens with zero attached hydrogens (tertiary/aromatic N) is 6. The van der Waals surface area contributed by atoms with Crippen LogP contribution in [0.3, 0.4) is 0 Å². The number of aliphatic hydroxyl groups is 1. The minimum Gasteiger partial charge on any atom is -0.434 e. The number of alkyl halides is 2. The molecule has 0 radical (unpaired) electrons. The van der Waals surface area contributed by atoms with E-state index in [1.165, 1.54) is 6.07 Å². The predicted molar refractivity (Wildman–Crippen MR) is 134 cm³/mol. The van der Waals surface area contributed by atoms with E-state index in [2.05, 4.69) is 9.97 Å². The number of imidazole rings is 1. The van der Waals surface area contributed by atoms with E-state index >= 15 is 0 Å². The number of carbonyl (C=O) groups is 1. The number of fused-ring (bicyclic) bond motifs is 9. The summed E-state index contributed by atoms with van der Waals surface area (Å²) in [5.41, 5.74) is 8.77. The highest BCUT2D eigenvalue weighted by atomic mass is 19.3. The summed E-state index contributed by atoms with van der Waals surface area (Å²) in [7, 11) is 1.70. The van der Waals surface area contributed by atoms with E-state index in [4.69, 9.17) is 20.6 Å². The van der Waals surface area contributed by atoms with Gasteiger partial charge in [-0.15, -0.1) is 0 Å². The number of hydrogen-bond donors (Lipinski definition) is 2. The molecule has 4 heterocycles. The Hall–Kier alpha value is -4.03. The van der Waals surface area contributed by atoms with Gasteiger partial charge in [0, 0.05) is 54.9 Å². The van der Waals surface area contributed by atoms with Crippen LogP contribution in [0.1, 0.15) is 71.3 Å². The highest BCUT2D eigenvalue weighted by molar-refractivity contribution is 5.98. The number of carbonyl (C=O) groups excluding carboxylic acids is 1. The normalized spacial score (nSPS) is 27.4. The van der Waals surface area contributed by atoms with E-state index in [1.54, 1.807) is 54.0 Å². The second-order valence-corrected chi connectivity index (χ2v) is 11.0. The molecule has 39 heavy (non-hydrogen) atoms. The lowest BCUT2D eigenvalue weighted by molar-refractivity contribution is -0.0769. The van der Waals surface area contributed by atoms with Crippen molar-refractivity contribution in [2.75, 3.05) is 7.05 Å². The Morgan fingerprint density at radius 2 is 1.92 bits per heavy atom. The molecule has 0 saturated heterocycles. The number of rotatable bonds is 4. The first-order valence-electron chi connectivity index (χ1n) is 12.6. The smallest absolute Gasteiger partial charge is 0.387 e. The van der Waals surface area contributed by atoms with Gasteiger partial charge in [-0.3, -0.25) is 4.79 Å². The Morgan fingerprint density at radius 1 is 1.18 bits per heavy atom. The van der Waals surface area contributed by atoms with Gasteiger partial charge in [-0.05, 0) is 37.6 Å². The predicted octanol–water partition coefficient (Wildman–Crippen LogP) is 3.15. The lowest BCUT2D eigenvalue weighted by atomic mass is 9.66. The second kappa shape index (κ2) is 7.99. The zero-order chi connectivity index (χ0) is 27.3. The first kappa shape index (κ1) is 24.0. The minimum absolute atomic E-state index is 0.0245. The van der Waals surface area contributed by atoms with E-state index in [1.807, 2.05) is 6.07 Å². The summed E-state index contributed by atoms with van der Waals surface area (Å²) >= 11 is 0. The molecule has 7 rings (SSSR count). The fourth-order valence-corrected chi connectivity index (χ4v) is 6.54. The van der Waals surface area contributed by atoms with Crippen LogP contribution in [0.5, 0.6) is 5.75 Å². The third-order valence-corrected chi connectivity index (χ3v) is 8.08. The lowest BCUT2D eigenvalue weighted by Gasteiger charge is -2.48. The Morgan fingerprint density at radius 3 is 2.62 bits per heavy atom. The average molecular weight is 534 g/mol. The summed E-state index contributed by atoms with van der Waals surface area (Å²) in [6.07, 6.45) is 4.53. The van der Waals surface area contributed by atoms with Crippen LogP contribution in [0, 0.1) is 0 Å². The molecule has 1 fully saturated rings. The first-order chi connectivity index (χ1) is 18.5. The zero-order valence-corrected chi connectivity index (χ0v) is 21.2. The van der Waals surface area contributed by atoms with Crippen LogP contribution in [0.2, 0.25) is 0 Å². The third kappa shape index (κ3) is 3.54. The quantitative estimate of drug-likeness (QED) is 0.409. The molecule has 2 bridgehead atoms. The number of hydrogen-bond acceptors (Lipinski definition) is 8. The molecular weight excluding hydrogens is 508 g/mol. The van der Waals surface area contributed by atoms with Crippen LogP contribution in [0.4, 0.5) is 8.78 Å². The van der Waals surface area contributed by atoms with Crippen molar-refractivity contribution in [2.45, 2.75) is 55.9 Å². The van der Waals surface area contributed by atoms with Crippen molar-refractivity contribution < 1.29 is 23.4 Å². The molecule has 3 aliphatic rings. The SMILES string of the molecule is CN1C(=O)c2cccc(OC(F)F)c2C2CC1c1nc3ccc(-c4cnc(C5(N)CC(C)(O)C5)nc4)nn3c12. The summed E-state index contributed by atoms with van der Waals surface area (Å²) in [5.74, 6) is -0.257. The van der Waals surface area contributed by atoms with E-state index in [0.717, 1.165) is 5.69 Å². The van der Waals surface area contributed by atoms with Gasteiger partial charge in [0.1, 0.15) is 11.6 Å². The van der Waals surface area contributed by atoms with E-state index in [-0.39, 0.29) is 17.7 Å². The fraction of sp³-hybridized carbons (Fsp3) is 0.370. The van der Waals surface area contributed by atoms with Crippen molar-refractivity contribution in [2.24, 2.45) is 5.73 Å². The van der Waals surface area contributed by atoms with Crippen molar-refractivity contribution in [3.63, 3.8) is 0 Å². The molecule has 1 amide bonds. The van der Waals surface area contributed by atoms with E-state index in [0.29, 0.717) is 58.8 Å². The topological polar surface area (TPSA) is 132 Å². The standard InChI is InChI=1S/C27H25F2N7O3/c1-26(38)11-27(30,12-26)24-31-9-13(10-32-24)16-6-7-19-33-21-17-8-15(22(21)36(19)34-16)20-14(23(37)35(17)2)4-3-5-18(20)39-25(28)29/h3-7,9-10,15,17,25,38H,8,11-12,30H2,1-2H3. The average Bonchev–Trinajstić information content (AvgIpc) is 3.40. The molecule has 4 aromatic rings. The highest BCUT2D eigenvalue weighted by Gasteiger charge is 2.51. The summed E-state index contributed by atoms with van der Waals surface area (Å²) in [4.78, 5) is 28.6. The van der Waals surface area contributed by atoms with E-state index in [9.17, 15) is 18.7 Å². The van der Waals surface area contributed by atoms with Crippen molar-refractivity contribution in [1.29, 1.82) is 0 Å². The monoisotopic (exact) mass is 533 g/mol. The maximum atomic E-state index is 13.3. The zero-order valence-electron chi connectivity index (χ0n) is 21.2. The van der Waals surface area contributed by atoms with Crippen molar-refractivity contribution >= 4 is 11.6 Å². The molecule has 1 aliphatic heterocycles. The maximum absolute atomic E-state index is 13.3. The van der Waals surface area contributed by atoms with Gasteiger partial charge in [-0.1, -0.05) is 6.07 Å². The molecule has 200 valence electrons. The summed E-state index contributed by atoms with van der Waals surface area (Å²) in [6.45, 7) is -1.29. The highest BCUT2D eigenvalue weighted by Crippen LogP contribution is 2.52. The third-order valence-electron chi connectivity index (χ3n) is 8.08. The van der Waals surface area contributed by atoms with Gasteiger partial charge < -0.3 is 20.5 Å². The van der Waals surface area contributed by atoms with Crippen LogP contribution in [0.15, 0.2) is 42.7 Å². The van der Waals surface area contributed by atoms with Crippen LogP contribution >= 0.6 is 0 Å². The largest absolute Gasteiger partial charge is 0.434 e. The fourth-order valence-electron chi connectivity index (χ4n) is 6.54. The molecule has 2 unspecified atom stereocenters. The van der Waals surface area contributed by atoms with Gasteiger partial charge >= 0.3 is 6.61 Å². The Kier molecular flexibility index (Phi) is 4.93. The molecule has 3 N–H and O–H groups in total. The maximum Gasteiger partial charge on any atom is 0.387 e. The van der Waals surface area contributed by atoms with Crippen LogP contribution in [-0.4, -0.2) is 59.7 Å². The Balaban J connectivity index is 1.33. The Labute approximate surface area is 221 Å². The number of nitrogens with two attached hydrogens (primary N) is 1. The van der Waals surface area contributed by atoms with Gasteiger partial charge in [0.2, 0.25) is 0 Å². The van der Waals surface area contributed by atoms with Gasteiger partial charge in [-0.25, -0.2) is 19.5 Å². The van der Waals surface area contributed by atoms with Crippen LogP contribution in [0.25, 0.3) is 16.9 Å².